The van der Waals surface area contributed by atoms with E-state index in [0.717, 1.165) is 25.2 Å². The van der Waals surface area contributed by atoms with Gasteiger partial charge in [-0.1, -0.05) is 30.3 Å². The Morgan fingerprint density at radius 1 is 1.06 bits per heavy atom. The average molecular weight is 429 g/mol. The van der Waals surface area contributed by atoms with Crippen molar-refractivity contribution in [1.82, 2.24) is 10.2 Å². The quantitative estimate of drug-likeness (QED) is 0.628. The Kier molecular flexibility index (Phi) is 8.55. The van der Waals surface area contributed by atoms with Gasteiger partial charge < -0.3 is 24.3 Å². The third-order valence-corrected chi connectivity index (χ3v) is 5.36. The first-order valence-corrected chi connectivity index (χ1v) is 10.6. The van der Waals surface area contributed by atoms with E-state index < -0.39 is 0 Å². The molecule has 7 heteroatoms. The van der Waals surface area contributed by atoms with Crippen LogP contribution in [0.25, 0.3) is 0 Å². The highest BCUT2D eigenvalue weighted by Crippen LogP contribution is 2.38. The lowest BCUT2D eigenvalue weighted by molar-refractivity contribution is -0.122. The van der Waals surface area contributed by atoms with Crippen molar-refractivity contribution in [3.63, 3.8) is 0 Å². The van der Waals surface area contributed by atoms with Gasteiger partial charge in [-0.25, -0.2) is 0 Å². The van der Waals surface area contributed by atoms with Crippen LogP contribution >= 0.6 is 0 Å². The molecule has 31 heavy (non-hydrogen) atoms. The van der Waals surface area contributed by atoms with Crippen LogP contribution < -0.4 is 19.5 Å². The molecule has 1 atom stereocenters. The van der Waals surface area contributed by atoms with Crippen LogP contribution in [0.2, 0.25) is 0 Å². The van der Waals surface area contributed by atoms with Crippen LogP contribution in [0.4, 0.5) is 0 Å². The van der Waals surface area contributed by atoms with Crippen molar-refractivity contribution < 1.29 is 23.7 Å². The number of rotatable bonds is 10. The lowest BCUT2D eigenvalue weighted by Gasteiger charge is -2.33. The summed E-state index contributed by atoms with van der Waals surface area (Å²) >= 11 is 0. The van der Waals surface area contributed by atoms with Crippen LogP contribution in [-0.2, 0) is 22.5 Å². The smallest absolute Gasteiger partial charge is 0.220 e. The number of ether oxygens (including phenoxy) is 4. The molecular formula is C24H32N2O5. The Morgan fingerprint density at radius 3 is 2.42 bits per heavy atom. The van der Waals surface area contributed by atoms with Gasteiger partial charge in [0.2, 0.25) is 11.7 Å². The molecule has 7 nitrogen and oxygen atoms in total. The zero-order chi connectivity index (χ0) is 22.1. The maximum absolute atomic E-state index is 12.4. The number of aryl methyl sites for hydroxylation is 1. The first kappa shape index (κ1) is 22.9. The zero-order valence-corrected chi connectivity index (χ0v) is 18.6. The van der Waals surface area contributed by atoms with Gasteiger partial charge in [0.25, 0.3) is 0 Å². The largest absolute Gasteiger partial charge is 0.493 e. The van der Waals surface area contributed by atoms with Crippen LogP contribution in [0, 0.1) is 0 Å². The summed E-state index contributed by atoms with van der Waals surface area (Å²) in [5.41, 5.74) is 2.24. The molecule has 1 fully saturated rings. The molecule has 0 spiro atoms. The topological polar surface area (TPSA) is 69.3 Å². The fraction of sp³-hybridized carbons (Fsp3) is 0.458. The minimum absolute atomic E-state index is 0.00228. The van der Waals surface area contributed by atoms with Crippen LogP contribution in [0.3, 0.4) is 0 Å². The van der Waals surface area contributed by atoms with Gasteiger partial charge in [-0.2, -0.15) is 0 Å². The number of hydrogen-bond donors (Lipinski definition) is 1. The second kappa shape index (κ2) is 11.6. The lowest BCUT2D eigenvalue weighted by Crippen LogP contribution is -2.47. The first-order chi connectivity index (χ1) is 15.1. The Hall–Kier alpha value is -2.77. The van der Waals surface area contributed by atoms with Crippen molar-refractivity contribution in [2.45, 2.75) is 25.5 Å². The summed E-state index contributed by atoms with van der Waals surface area (Å²) in [5, 5.41) is 3.01. The zero-order valence-electron chi connectivity index (χ0n) is 18.6. The monoisotopic (exact) mass is 428 g/mol. The van der Waals surface area contributed by atoms with Gasteiger partial charge in [-0.3, -0.25) is 9.69 Å². The number of carbonyl (C=O) groups is 1. The number of morpholine rings is 1. The van der Waals surface area contributed by atoms with Gasteiger partial charge in [0.15, 0.2) is 11.5 Å². The summed E-state index contributed by atoms with van der Waals surface area (Å²) in [7, 11) is 4.74. The second-order valence-corrected chi connectivity index (χ2v) is 7.55. The average Bonchev–Trinajstić information content (AvgIpc) is 2.81. The summed E-state index contributed by atoms with van der Waals surface area (Å²) in [6.07, 6.45) is 0.954. The Labute approximate surface area is 184 Å². The standard InChI is InChI=1S/C24H32N2O5/c1-28-21-13-19(14-22(29-2)24(21)30-3)9-10-23(27)25-15-20-17-26(11-12-31-20)16-18-7-5-4-6-8-18/h4-8,13-14,20H,9-12,15-17H2,1-3H3,(H,25,27)/t20-/m0/s1. The van der Waals surface area contributed by atoms with Gasteiger partial charge in [-0.15, -0.1) is 0 Å². The minimum Gasteiger partial charge on any atom is -0.493 e. The van der Waals surface area contributed by atoms with E-state index >= 15 is 0 Å². The summed E-state index contributed by atoms with van der Waals surface area (Å²) in [6, 6.07) is 14.2. The SMILES string of the molecule is COc1cc(CCC(=O)NC[C@H]2CN(Cc3ccccc3)CCO2)cc(OC)c1OC. The molecule has 0 aromatic heterocycles. The van der Waals surface area contributed by atoms with E-state index in [4.69, 9.17) is 18.9 Å². The van der Waals surface area contributed by atoms with E-state index in [2.05, 4.69) is 34.5 Å². The number of nitrogens with zero attached hydrogens (tertiary/aromatic N) is 1. The van der Waals surface area contributed by atoms with E-state index in [9.17, 15) is 4.79 Å². The molecule has 0 saturated carbocycles. The highest BCUT2D eigenvalue weighted by molar-refractivity contribution is 5.76. The third-order valence-electron chi connectivity index (χ3n) is 5.36. The van der Waals surface area contributed by atoms with E-state index in [1.54, 1.807) is 21.3 Å². The molecule has 0 radical (unpaired) electrons. The van der Waals surface area contributed by atoms with Gasteiger partial charge in [-0.05, 0) is 29.7 Å². The molecule has 1 saturated heterocycles. The van der Waals surface area contributed by atoms with Gasteiger partial charge >= 0.3 is 0 Å². The number of hydrogen-bond acceptors (Lipinski definition) is 6. The summed E-state index contributed by atoms with van der Waals surface area (Å²) in [5.74, 6) is 1.72. The predicted octanol–water partition coefficient (Wildman–Crippen LogP) is 2.66. The highest BCUT2D eigenvalue weighted by Gasteiger charge is 2.21. The molecule has 2 aromatic rings. The molecule has 1 aliphatic heterocycles. The molecule has 0 aliphatic carbocycles. The van der Waals surface area contributed by atoms with E-state index in [0.29, 0.717) is 43.2 Å². The molecule has 0 bridgehead atoms. The molecule has 3 rings (SSSR count). The van der Waals surface area contributed by atoms with Crippen molar-refractivity contribution >= 4 is 5.91 Å². The summed E-state index contributed by atoms with van der Waals surface area (Å²) in [6.45, 7) is 3.80. The van der Waals surface area contributed by atoms with E-state index in [-0.39, 0.29) is 12.0 Å². The number of amides is 1. The second-order valence-electron chi connectivity index (χ2n) is 7.55. The van der Waals surface area contributed by atoms with E-state index in [1.165, 1.54) is 5.56 Å². The van der Waals surface area contributed by atoms with Gasteiger partial charge in [0.05, 0.1) is 34.0 Å². The first-order valence-electron chi connectivity index (χ1n) is 10.6. The van der Waals surface area contributed by atoms with Crippen LogP contribution in [0.15, 0.2) is 42.5 Å². The van der Waals surface area contributed by atoms with Crippen LogP contribution in [0.1, 0.15) is 17.5 Å². The maximum Gasteiger partial charge on any atom is 0.220 e. The van der Waals surface area contributed by atoms with Gasteiger partial charge in [0.1, 0.15) is 0 Å². The Bertz CT molecular complexity index is 818. The normalized spacial score (nSPS) is 16.5. The molecule has 2 aromatic carbocycles. The fourth-order valence-electron chi connectivity index (χ4n) is 3.74. The molecule has 0 unspecified atom stereocenters. The van der Waals surface area contributed by atoms with Crippen molar-refractivity contribution in [2.24, 2.45) is 0 Å². The van der Waals surface area contributed by atoms with Crippen LogP contribution in [-0.4, -0.2) is 64.5 Å². The summed E-state index contributed by atoms with van der Waals surface area (Å²) < 4.78 is 21.9. The number of methoxy groups -OCH3 is 3. The molecule has 168 valence electrons. The maximum atomic E-state index is 12.4. The van der Waals surface area contributed by atoms with Crippen LogP contribution in [0.5, 0.6) is 17.2 Å². The molecule has 1 aliphatic rings. The number of carbonyl (C=O) groups excluding carboxylic acids is 1. The highest BCUT2D eigenvalue weighted by atomic mass is 16.5. The fourth-order valence-corrected chi connectivity index (χ4v) is 3.74. The lowest BCUT2D eigenvalue weighted by atomic mass is 10.1. The molecule has 1 N–H and O–H groups in total. The van der Waals surface area contributed by atoms with Crippen molar-refractivity contribution in [3.8, 4) is 17.2 Å². The number of benzene rings is 2. The molecule has 1 heterocycles. The summed E-state index contributed by atoms with van der Waals surface area (Å²) in [4.78, 5) is 14.8. The van der Waals surface area contributed by atoms with Gasteiger partial charge in [0, 0.05) is 32.6 Å². The predicted molar refractivity (Wildman–Crippen MR) is 119 cm³/mol. The number of nitrogens with one attached hydrogen (secondary N) is 1. The Morgan fingerprint density at radius 2 is 1.77 bits per heavy atom. The van der Waals surface area contributed by atoms with Crippen molar-refractivity contribution in [2.75, 3.05) is 47.6 Å². The van der Waals surface area contributed by atoms with Crippen molar-refractivity contribution in [1.29, 1.82) is 0 Å². The Balaban J connectivity index is 1.46. The third kappa shape index (κ3) is 6.60. The molecule has 1 amide bonds. The van der Waals surface area contributed by atoms with E-state index in [1.807, 2.05) is 18.2 Å². The minimum atomic E-state index is -0.00228. The molecular weight excluding hydrogens is 396 g/mol. The van der Waals surface area contributed by atoms with Crippen molar-refractivity contribution in [3.05, 3.63) is 53.6 Å².